The van der Waals surface area contributed by atoms with Crippen LogP contribution in [0.15, 0.2) is 10.7 Å². The van der Waals surface area contributed by atoms with Crippen LogP contribution in [-0.4, -0.2) is 11.0 Å². The molecule has 0 aromatic carbocycles. The summed E-state index contributed by atoms with van der Waals surface area (Å²) >= 11 is 0. The lowest BCUT2D eigenvalue weighted by molar-refractivity contribution is 0.397. The van der Waals surface area contributed by atoms with E-state index in [0.29, 0.717) is 11.3 Å². The number of nitrogens with two attached hydrogens (primary N) is 1. The predicted octanol–water partition coefficient (Wildman–Crippen LogP) is 0.267. The molecule has 0 unspecified atom stereocenters. The van der Waals surface area contributed by atoms with E-state index in [4.69, 9.17) is 11.1 Å². The van der Waals surface area contributed by atoms with Crippen LogP contribution in [0, 0.1) is 12.3 Å². The van der Waals surface area contributed by atoms with E-state index >= 15 is 0 Å². The van der Waals surface area contributed by atoms with Crippen LogP contribution in [0.2, 0.25) is 0 Å². The van der Waals surface area contributed by atoms with E-state index in [1.807, 2.05) is 0 Å². The van der Waals surface area contributed by atoms with Crippen LogP contribution < -0.4 is 5.73 Å². The summed E-state index contributed by atoms with van der Waals surface area (Å²) in [6.07, 6.45) is 1.43. The van der Waals surface area contributed by atoms with E-state index in [1.54, 1.807) is 6.92 Å². The third-order valence-corrected chi connectivity index (χ3v) is 1.04. The van der Waals surface area contributed by atoms with Crippen molar-refractivity contribution in [3.63, 3.8) is 0 Å². The minimum atomic E-state index is -0.00579. The Morgan fingerprint density at radius 2 is 2.56 bits per heavy atom. The summed E-state index contributed by atoms with van der Waals surface area (Å²) in [7, 11) is 0. The maximum atomic E-state index is 6.97. The van der Waals surface area contributed by atoms with E-state index in [2.05, 4.69) is 9.68 Å². The number of nitrogen functional groups attached to an aromatic ring is 1. The first-order valence-corrected chi connectivity index (χ1v) is 2.47. The minimum Gasteiger partial charge on any atom is -0.384 e. The fraction of sp³-hybridized carbons (Fsp3) is 0.200. The van der Waals surface area contributed by atoms with Crippen molar-refractivity contribution in [1.29, 1.82) is 5.41 Å². The van der Waals surface area contributed by atoms with Gasteiger partial charge in [0.2, 0.25) is 0 Å². The van der Waals surface area contributed by atoms with E-state index in [9.17, 15) is 0 Å². The van der Waals surface area contributed by atoms with Crippen molar-refractivity contribution in [3.05, 3.63) is 17.5 Å². The van der Waals surface area contributed by atoms with Gasteiger partial charge in [0, 0.05) is 0 Å². The molecule has 0 saturated heterocycles. The van der Waals surface area contributed by atoms with Gasteiger partial charge in [-0.1, -0.05) is 5.16 Å². The second-order valence-corrected chi connectivity index (χ2v) is 1.71. The second-order valence-electron chi connectivity index (χ2n) is 1.71. The summed E-state index contributed by atoms with van der Waals surface area (Å²) < 4.78 is 4.65. The second kappa shape index (κ2) is 1.89. The molecule has 0 spiro atoms. The van der Waals surface area contributed by atoms with Crippen LogP contribution in [0.5, 0.6) is 0 Å². The molecule has 1 rings (SSSR count). The Morgan fingerprint density at radius 1 is 1.89 bits per heavy atom. The van der Waals surface area contributed by atoms with Crippen LogP contribution >= 0.6 is 0 Å². The van der Waals surface area contributed by atoms with E-state index < -0.39 is 0 Å². The summed E-state index contributed by atoms with van der Waals surface area (Å²) in [6.45, 7) is 1.71. The van der Waals surface area contributed by atoms with E-state index in [0.717, 1.165) is 0 Å². The van der Waals surface area contributed by atoms with Gasteiger partial charge in [-0.15, -0.1) is 0 Å². The van der Waals surface area contributed by atoms with Crippen LogP contribution in [-0.2, 0) is 0 Å². The maximum absolute atomic E-state index is 6.97. The van der Waals surface area contributed by atoms with Crippen molar-refractivity contribution in [2.75, 3.05) is 0 Å². The summed E-state index contributed by atoms with van der Waals surface area (Å²) in [5, 5.41) is 10.4. The number of hydrogen-bond donors (Lipinski definition) is 2. The number of hydrogen-bond acceptors (Lipinski definition) is 3. The molecule has 0 amide bonds. The lowest BCUT2D eigenvalue weighted by Crippen LogP contribution is -2.10. The largest absolute Gasteiger partial charge is 0.384 e. The number of nitrogens with zero attached hydrogens (tertiary/aromatic N) is 1. The number of amidine groups is 1. The van der Waals surface area contributed by atoms with Crippen molar-refractivity contribution >= 4 is 5.84 Å². The molecule has 0 radical (unpaired) electrons. The molecule has 0 saturated carbocycles. The zero-order valence-corrected chi connectivity index (χ0v) is 5.01. The molecule has 1 aromatic rings. The quantitative estimate of drug-likeness (QED) is 0.417. The summed E-state index contributed by atoms with van der Waals surface area (Å²) in [6, 6.07) is 0. The molecule has 1 heterocycles. The maximum Gasteiger partial charge on any atom is 0.144 e. The van der Waals surface area contributed by atoms with Gasteiger partial charge in [-0.25, -0.2) is 0 Å². The molecule has 0 fully saturated rings. The van der Waals surface area contributed by atoms with Gasteiger partial charge in [0.15, 0.2) is 0 Å². The Hall–Kier alpha value is -1.32. The van der Waals surface area contributed by atoms with Crippen molar-refractivity contribution in [2.24, 2.45) is 5.73 Å². The zero-order chi connectivity index (χ0) is 6.85. The van der Waals surface area contributed by atoms with Gasteiger partial charge in [-0.3, -0.25) is 5.41 Å². The van der Waals surface area contributed by atoms with Crippen LogP contribution in [0.25, 0.3) is 0 Å². The Balaban J connectivity index is 3.08. The fourth-order valence-corrected chi connectivity index (χ4v) is 0.557. The van der Waals surface area contributed by atoms with Gasteiger partial charge in [0.25, 0.3) is 0 Å². The van der Waals surface area contributed by atoms with Crippen LogP contribution in [0.4, 0.5) is 0 Å². The monoisotopic (exact) mass is 125 g/mol. The first-order chi connectivity index (χ1) is 4.22. The third-order valence-electron chi connectivity index (χ3n) is 1.04. The van der Waals surface area contributed by atoms with Gasteiger partial charge >= 0.3 is 0 Å². The highest BCUT2D eigenvalue weighted by Gasteiger charge is 2.03. The molecule has 0 aliphatic heterocycles. The lowest BCUT2D eigenvalue weighted by atomic mass is 10.3. The molecule has 4 nitrogen and oxygen atoms in total. The number of aromatic nitrogens is 1. The average Bonchev–Trinajstić information content (AvgIpc) is 2.13. The third kappa shape index (κ3) is 0.910. The Bertz CT molecular complexity index is 228. The molecule has 0 bridgehead atoms. The van der Waals surface area contributed by atoms with Gasteiger partial charge in [0.1, 0.15) is 11.6 Å². The molecule has 4 heteroatoms. The van der Waals surface area contributed by atoms with Crippen molar-refractivity contribution in [2.45, 2.75) is 6.92 Å². The number of nitrogens with one attached hydrogen (secondary N) is 1. The van der Waals surface area contributed by atoms with Gasteiger partial charge < -0.3 is 10.3 Å². The van der Waals surface area contributed by atoms with E-state index in [-0.39, 0.29) is 5.84 Å². The first-order valence-electron chi connectivity index (χ1n) is 2.47. The summed E-state index contributed by atoms with van der Waals surface area (Å²) in [5.74, 6) is 0.580. The zero-order valence-electron chi connectivity index (χ0n) is 5.01. The standard InChI is InChI=1S/C5H7N3O/c1-3-4(5(6)7)2-8-9-3/h2H,1H3,(H3,6,7). The Labute approximate surface area is 52.2 Å². The number of rotatable bonds is 1. The van der Waals surface area contributed by atoms with Crippen LogP contribution in [0.1, 0.15) is 11.3 Å². The highest BCUT2D eigenvalue weighted by molar-refractivity contribution is 5.95. The molecule has 3 N–H and O–H groups in total. The molecular formula is C5H7N3O. The highest BCUT2D eigenvalue weighted by Crippen LogP contribution is 2.02. The van der Waals surface area contributed by atoms with Crippen molar-refractivity contribution < 1.29 is 4.52 Å². The smallest absolute Gasteiger partial charge is 0.144 e. The highest BCUT2D eigenvalue weighted by atomic mass is 16.5. The number of aryl methyl sites for hydroxylation is 1. The molecule has 1 aromatic heterocycles. The van der Waals surface area contributed by atoms with E-state index in [1.165, 1.54) is 6.20 Å². The summed E-state index contributed by atoms with van der Waals surface area (Å²) in [4.78, 5) is 0. The first kappa shape index (κ1) is 5.81. The average molecular weight is 125 g/mol. The molecular weight excluding hydrogens is 118 g/mol. The fourth-order valence-electron chi connectivity index (χ4n) is 0.557. The molecule has 48 valence electrons. The van der Waals surface area contributed by atoms with Crippen molar-refractivity contribution in [1.82, 2.24) is 5.16 Å². The summed E-state index contributed by atoms with van der Waals surface area (Å²) in [5.41, 5.74) is 5.71. The van der Waals surface area contributed by atoms with Gasteiger partial charge in [0.05, 0.1) is 11.8 Å². The predicted molar refractivity (Wildman–Crippen MR) is 32.3 cm³/mol. The molecule has 0 atom stereocenters. The van der Waals surface area contributed by atoms with Gasteiger partial charge in [-0.05, 0) is 6.92 Å². The SMILES string of the molecule is Cc1oncc1C(=N)N. The Kier molecular flexibility index (Phi) is 1.22. The topological polar surface area (TPSA) is 75.9 Å². The lowest BCUT2D eigenvalue weighted by Gasteiger charge is -1.88. The minimum absolute atomic E-state index is 0.00579. The van der Waals surface area contributed by atoms with Crippen molar-refractivity contribution in [3.8, 4) is 0 Å². The van der Waals surface area contributed by atoms with Crippen LogP contribution in [0.3, 0.4) is 0 Å². The molecule has 0 aliphatic rings. The Morgan fingerprint density at radius 3 is 2.78 bits per heavy atom. The molecule has 9 heavy (non-hydrogen) atoms. The molecule has 0 aliphatic carbocycles. The van der Waals surface area contributed by atoms with Gasteiger partial charge in [-0.2, -0.15) is 0 Å². The normalized spacial score (nSPS) is 9.44.